The van der Waals surface area contributed by atoms with Crippen LogP contribution in [0.25, 0.3) is 24.3 Å². The number of aldehydes is 1. The van der Waals surface area contributed by atoms with E-state index in [9.17, 15) is 24.3 Å². The lowest BCUT2D eigenvalue weighted by Gasteiger charge is -2.03. The van der Waals surface area contributed by atoms with Gasteiger partial charge in [-0.25, -0.2) is 0 Å². The molecule has 6 rings (SSSR count). The van der Waals surface area contributed by atoms with Crippen LogP contribution in [0.4, 0.5) is 0 Å². The van der Waals surface area contributed by atoms with Gasteiger partial charge in [-0.15, -0.1) is 0 Å². The fourth-order valence-corrected chi connectivity index (χ4v) is 3.50. The Kier molecular flexibility index (Phi) is 18.7. The Morgan fingerprint density at radius 2 is 0.941 bits per heavy atom. The molecule has 6 heterocycles. The summed E-state index contributed by atoms with van der Waals surface area (Å²) >= 11 is 0. The maximum absolute atomic E-state index is 11.5. The van der Waals surface area contributed by atoms with E-state index in [0.29, 0.717) is 40.8 Å². The van der Waals surface area contributed by atoms with E-state index in [0.717, 1.165) is 0 Å². The lowest BCUT2D eigenvalue weighted by Crippen LogP contribution is -2.03. The average molecular weight is 697 g/mol. The van der Waals surface area contributed by atoms with Crippen LogP contribution in [0.3, 0.4) is 0 Å². The van der Waals surface area contributed by atoms with E-state index in [4.69, 9.17) is 22.1 Å². The number of rotatable bonds is 12. The highest BCUT2D eigenvalue weighted by Gasteiger charge is 2.13. The summed E-state index contributed by atoms with van der Waals surface area (Å²) in [7, 11) is 0. The minimum atomic E-state index is -0.904. The molecule has 12 heteroatoms. The predicted octanol–water partition coefficient (Wildman–Crippen LogP) is 7.90. The Morgan fingerprint density at radius 1 is 0.569 bits per heavy atom. The summed E-state index contributed by atoms with van der Waals surface area (Å²) < 4.78 is 29.7. The number of aliphatic hydroxyl groups is 1. The zero-order valence-electron chi connectivity index (χ0n) is 27.4. The first-order valence-corrected chi connectivity index (χ1v) is 15.0. The molecule has 0 bridgehead atoms. The number of allylic oxidation sites excluding steroid dienone is 4. The van der Waals surface area contributed by atoms with E-state index in [1.165, 1.54) is 50.0 Å². The summed E-state index contributed by atoms with van der Waals surface area (Å²) in [5, 5.41) is 9.67. The molecular formula is C39H36O12. The quantitative estimate of drug-likeness (QED) is 0.0963. The number of hydrogen-bond acceptors (Lipinski definition) is 11. The predicted molar refractivity (Wildman–Crippen MR) is 188 cm³/mol. The Balaban J connectivity index is 0.000000246. The molecule has 1 atom stereocenters. The summed E-state index contributed by atoms with van der Waals surface area (Å²) in [5.41, 5.74) is 0. The van der Waals surface area contributed by atoms with Gasteiger partial charge in [0.05, 0.1) is 37.6 Å². The van der Waals surface area contributed by atoms with Gasteiger partial charge in [0.1, 0.15) is 34.9 Å². The molecule has 0 saturated carbocycles. The molecule has 0 aromatic carbocycles. The fraction of sp³-hybridized carbons (Fsp3) is 0.0769. The Bertz CT molecular complexity index is 1840. The summed E-state index contributed by atoms with van der Waals surface area (Å²) in [6.45, 7) is 1.50. The highest BCUT2D eigenvalue weighted by molar-refractivity contribution is 6.04. The third-order valence-electron chi connectivity index (χ3n) is 5.84. The molecule has 12 nitrogen and oxygen atoms in total. The molecule has 0 spiro atoms. The van der Waals surface area contributed by atoms with E-state index in [2.05, 4.69) is 4.42 Å². The summed E-state index contributed by atoms with van der Waals surface area (Å²) in [5.74, 6) is 3.10. The minimum Gasteiger partial charge on any atom is -0.467 e. The SMILES string of the molecule is CC(=O)/C=C/c1ccco1.O.O=C(/C=C/c1ccco1)/C=C/c1ccco1.O=C(/C=C/c1ccco1)CC(O)c1ccco1.O=Cc1ccco1. The van der Waals surface area contributed by atoms with Crippen LogP contribution < -0.4 is 0 Å². The Morgan fingerprint density at radius 3 is 1.27 bits per heavy atom. The first kappa shape index (κ1) is 40.4. The van der Waals surface area contributed by atoms with Crippen molar-refractivity contribution in [2.45, 2.75) is 19.4 Å². The summed E-state index contributed by atoms with van der Waals surface area (Å²) in [6, 6.07) is 20.7. The van der Waals surface area contributed by atoms with Gasteiger partial charge in [-0.3, -0.25) is 19.2 Å². The van der Waals surface area contributed by atoms with Gasteiger partial charge >= 0.3 is 0 Å². The molecule has 0 fully saturated rings. The number of aliphatic hydroxyl groups excluding tert-OH is 1. The molecule has 0 saturated heterocycles. The average Bonchev–Trinajstić information content (AvgIpc) is 3.98. The normalized spacial score (nSPS) is 11.2. The molecule has 6 aromatic heterocycles. The highest BCUT2D eigenvalue weighted by Crippen LogP contribution is 2.17. The van der Waals surface area contributed by atoms with Crippen molar-refractivity contribution in [1.29, 1.82) is 0 Å². The first-order chi connectivity index (χ1) is 24.3. The maximum Gasteiger partial charge on any atom is 0.185 e. The van der Waals surface area contributed by atoms with Crippen molar-refractivity contribution in [3.8, 4) is 0 Å². The van der Waals surface area contributed by atoms with Gasteiger partial charge in [0, 0.05) is 6.42 Å². The van der Waals surface area contributed by atoms with Crippen molar-refractivity contribution in [3.05, 3.63) is 169 Å². The second-order valence-electron chi connectivity index (χ2n) is 9.74. The monoisotopic (exact) mass is 696 g/mol. The number of ketones is 3. The molecule has 0 radical (unpaired) electrons. The third-order valence-corrected chi connectivity index (χ3v) is 5.84. The molecule has 0 amide bonds. The van der Waals surface area contributed by atoms with E-state index in [1.807, 2.05) is 0 Å². The fourth-order valence-electron chi connectivity index (χ4n) is 3.50. The highest BCUT2D eigenvalue weighted by atomic mass is 16.4. The first-order valence-electron chi connectivity index (χ1n) is 15.0. The van der Waals surface area contributed by atoms with E-state index in [1.54, 1.807) is 116 Å². The van der Waals surface area contributed by atoms with Gasteiger partial charge in [0.15, 0.2) is 29.4 Å². The van der Waals surface area contributed by atoms with E-state index >= 15 is 0 Å². The minimum absolute atomic E-state index is 0. The van der Waals surface area contributed by atoms with Crippen LogP contribution in [0.5, 0.6) is 0 Å². The number of carbonyl (C=O) groups is 4. The van der Waals surface area contributed by atoms with Crippen LogP contribution in [0.2, 0.25) is 0 Å². The van der Waals surface area contributed by atoms with Crippen molar-refractivity contribution in [2.24, 2.45) is 0 Å². The molecule has 3 N–H and O–H groups in total. The van der Waals surface area contributed by atoms with Gasteiger partial charge in [0.25, 0.3) is 0 Å². The third kappa shape index (κ3) is 17.3. The zero-order valence-corrected chi connectivity index (χ0v) is 27.4. The smallest absolute Gasteiger partial charge is 0.185 e. The van der Waals surface area contributed by atoms with Crippen LogP contribution in [0.15, 0.2) is 161 Å². The van der Waals surface area contributed by atoms with Crippen molar-refractivity contribution < 1.29 is 56.3 Å². The number of hydrogen-bond donors (Lipinski definition) is 1. The van der Waals surface area contributed by atoms with Crippen molar-refractivity contribution in [3.63, 3.8) is 0 Å². The number of carbonyl (C=O) groups excluding carboxylic acids is 4. The Labute approximate surface area is 292 Å². The lowest BCUT2D eigenvalue weighted by molar-refractivity contribution is -0.116. The molecule has 0 aliphatic rings. The van der Waals surface area contributed by atoms with Crippen LogP contribution in [-0.4, -0.2) is 34.2 Å². The van der Waals surface area contributed by atoms with Gasteiger partial charge < -0.3 is 37.1 Å². The van der Waals surface area contributed by atoms with E-state index < -0.39 is 6.10 Å². The molecule has 6 aromatic rings. The van der Waals surface area contributed by atoms with Crippen molar-refractivity contribution in [1.82, 2.24) is 0 Å². The van der Waals surface area contributed by atoms with Crippen LogP contribution in [-0.2, 0) is 14.4 Å². The van der Waals surface area contributed by atoms with Crippen molar-refractivity contribution in [2.75, 3.05) is 0 Å². The van der Waals surface area contributed by atoms with Gasteiger partial charge in [-0.2, -0.15) is 0 Å². The molecule has 0 aliphatic heterocycles. The summed E-state index contributed by atoms with van der Waals surface area (Å²) in [6.07, 6.45) is 21.1. The van der Waals surface area contributed by atoms with Crippen LogP contribution in [0.1, 0.15) is 58.8 Å². The zero-order chi connectivity index (χ0) is 35.8. The summed E-state index contributed by atoms with van der Waals surface area (Å²) in [4.78, 5) is 43.1. The second-order valence-corrected chi connectivity index (χ2v) is 9.74. The van der Waals surface area contributed by atoms with Gasteiger partial charge in [-0.05, 0) is 128 Å². The van der Waals surface area contributed by atoms with Gasteiger partial charge in [0.2, 0.25) is 0 Å². The topological polar surface area (TPSA) is 199 Å². The lowest BCUT2D eigenvalue weighted by atomic mass is 10.1. The molecular weight excluding hydrogens is 660 g/mol. The van der Waals surface area contributed by atoms with E-state index in [-0.39, 0.29) is 29.2 Å². The number of furan rings is 6. The second kappa shape index (κ2) is 23.5. The van der Waals surface area contributed by atoms with Crippen LogP contribution >= 0.6 is 0 Å². The molecule has 1 unspecified atom stereocenters. The van der Waals surface area contributed by atoms with Crippen molar-refractivity contribution >= 4 is 47.9 Å². The Hall–Kier alpha value is -6.76. The van der Waals surface area contributed by atoms with Crippen LogP contribution in [0, 0.1) is 0 Å². The standard InChI is InChI=1S/C13H12O4.C13H10O3.C8H8O2.C5H4O2.H2O/c14-10(5-6-11-3-1-7-16-11)9-12(15)13-4-2-8-17-13;14-11(5-7-12-3-1-9-15-12)6-8-13-4-2-10-16-13;1-7(9)4-5-8-3-2-6-10-8;6-4-5-2-1-3-7-5;/h1-8,12,15H,9H2;1-10H;2-6H,1H3;1-4H;1H2/b6-5+;7-5+,8-6+;5-4+;;. The van der Waals surface area contributed by atoms with Gasteiger partial charge in [-0.1, -0.05) is 0 Å². The largest absolute Gasteiger partial charge is 0.467 e. The molecule has 0 aliphatic carbocycles. The molecule has 51 heavy (non-hydrogen) atoms. The maximum atomic E-state index is 11.5. The molecule has 264 valence electrons.